The molecule has 1 N–H and O–H groups in total. The standard InChI is InChI=1S/C27H32ClN3O4/c1-2-3-25(32)31-18-26(33)30(17-20-4-6-21(28)7-5-20)24-9-8-22(16-23(24)27(31)34)35-15-12-19-10-13-29-14-11-19/h4-9,16,19,29H,2-3,10-15,17-18H2,1H3. The topological polar surface area (TPSA) is 79.0 Å². The molecule has 186 valence electrons. The lowest BCUT2D eigenvalue weighted by molar-refractivity contribution is -0.132. The van der Waals surface area contributed by atoms with Crippen LogP contribution < -0.4 is 15.0 Å². The van der Waals surface area contributed by atoms with Gasteiger partial charge in [-0.3, -0.25) is 19.3 Å². The van der Waals surface area contributed by atoms with Crippen LogP contribution >= 0.6 is 11.6 Å². The predicted octanol–water partition coefficient (Wildman–Crippen LogP) is 4.42. The van der Waals surface area contributed by atoms with Crippen molar-refractivity contribution in [1.82, 2.24) is 10.2 Å². The number of carbonyl (C=O) groups excluding carboxylic acids is 3. The molecule has 0 saturated carbocycles. The summed E-state index contributed by atoms with van der Waals surface area (Å²) in [6.45, 7) is 4.49. The Morgan fingerprint density at radius 1 is 1.11 bits per heavy atom. The fourth-order valence-corrected chi connectivity index (χ4v) is 4.72. The van der Waals surface area contributed by atoms with Crippen molar-refractivity contribution in [1.29, 1.82) is 0 Å². The van der Waals surface area contributed by atoms with Gasteiger partial charge in [-0.1, -0.05) is 30.7 Å². The van der Waals surface area contributed by atoms with Crippen LogP contribution in [0.25, 0.3) is 0 Å². The highest BCUT2D eigenvalue weighted by Crippen LogP contribution is 2.31. The number of amides is 3. The first-order valence-electron chi connectivity index (χ1n) is 12.3. The molecule has 0 aliphatic carbocycles. The summed E-state index contributed by atoms with van der Waals surface area (Å²) in [6.07, 6.45) is 4.04. The smallest absolute Gasteiger partial charge is 0.263 e. The summed E-state index contributed by atoms with van der Waals surface area (Å²) in [4.78, 5) is 42.1. The fraction of sp³-hybridized carbons (Fsp3) is 0.444. The SMILES string of the molecule is CCCC(=O)N1CC(=O)N(Cc2ccc(Cl)cc2)c2ccc(OCCC3CCNCC3)cc2C1=O. The number of anilines is 1. The van der Waals surface area contributed by atoms with E-state index in [9.17, 15) is 14.4 Å². The van der Waals surface area contributed by atoms with Gasteiger partial charge < -0.3 is 15.0 Å². The van der Waals surface area contributed by atoms with E-state index in [0.29, 0.717) is 41.0 Å². The Balaban J connectivity index is 1.60. The summed E-state index contributed by atoms with van der Waals surface area (Å²) in [5, 5.41) is 3.97. The molecule has 2 aromatic carbocycles. The molecule has 2 heterocycles. The molecule has 2 aromatic rings. The minimum atomic E-state index is -0.464. The second-order valence-corrected chi connectivity index (χ2v) is 9.59. The number of halogens is 1. The molecule has 7 nitrogen and oxygen atoms in total. The summed E-state index contributed by atoms with van der Waals surface area (Å²) >= 11 is 6.02. The Morgan fingerprint density at radius 2 is 1.86 bits per heavy atom. The van der Waals surface area contributed by atoms with Gasteiger partial charge in [-0.2, -0.15) is 0 Å². The summed E-state index contributed by atoms with van der Waals surface area (Å²) in [7, 11) is 0. The van der Waals surface area contributed by atoms with Gasteiger partial charge in [-0.05, 0) is 80.6 Å². The summed E-state index contributed by atoms with van der Waals surface area (Å²) in [5.41, 5.74) is 1.65. The van der Waals surface area contributed by atoms with Gasteiger partial charge in [-0.15, -0.1) is 0 Å². The summed E-state index contributed by atoms with van der Waals surface area (Å²) in [5.74, 6) is 0.0794. The number of imide groups is 1. The first kappa shape index (κ1) is 25.2. The lowest BCUT2D eigenvalue weighted by atomic mass is 9.95. The monoisotopic (exact) mass is 497 g/mol. The van der Waals surface area contributed by atoms with Crippen molar-refractivity contribution in [3.05, 3.63) is 58.6 Å². The summed E-state index contributed by atoms with van der Waals surface area (Å²) < 4.78 is 6.01. The summed E-state index contributed by atoms with van der Waals surface area (Å²) in [6, 6.07) is 12.4. The van der Waals surface area contributed by atoms with Gasteiger partial charge in [0.1, 0.15) is 12.3 Å². The van der Waals surface area contributed by atoms with Crippen LogP contribution in [-0.4, -0.2) is 48.9 Å². The maximum atomic E-state index is 13.5. The second-order valence-electron chi connectivity index (χ2n) is 9.15. The van der Waals surface area contributed by atoms with Crippen LogP contribution in [0.15, 0.2) is 42.5 Å². The molecule has 8 heteroatoms. The molecule has 0 unspecified atom stereocenters. The lowest BCUT2D eigenvalue weighted by Gasteiger charge is -2.23. The van der Waals surface area contributed by atoms with Gasteiger partial charge in [-0.25, -0.2) is 0 Å². The number of benzene rings is 2. The predicted molar refractivity (Wildman–Crippen MR) is 136 cm³/mol. The third-order valence-corrected chi connectivity index (χ3v) is 6.85. The fourth-order valence-electron chi connectivity index (χ4n) is 4.59. The van der Waals surface area contributed by atoms with Gasteiger partial charge in [0, 0.05) is 11.4 Å². The Kier molecular flexibility index (Phi) is 8.42. The molecular formula is C27H32ClN3O4. The van der Waals surface area contributed by atoms with E-state index in [2.05, 4.69) is 5.32 Å². The molecular weight excluding hydrogens is 466 g/mol. The Bertz CT molecular complexity index is 1070. The maximum absolute atomic E-state index is 13.5. The maximum Gasteiger partial charge on any atom is 0.263 e. The average Bonchev–Trinajstić information content (AvgIpc) is 2.96. The van der Waals surface area contributed by atoms with Crippen LogP contribution in [-0.2, 0) is 16.1 Å². The largest absolute Gasteiger partial charge is 0.494 e. The van der Waals surface area contributed by atoms with Gasteiger partial charge in [0.25, 0.3) is 5.91 Å². The number of hydrogen-bond acceptors (Lipinski definition) is 5. The molecule has 35 heavy (non-hydrogen) atoms. The molecule has 0 spiro atoms. The van der Waals surface area contributed by atoms with E-state index >= 15 is 0 Å². The van der Waals surface area contributed by atoms with E-state index in [1.54, 1.807) is 35.2 Å². The van der Waals surface area contributed by atoms with Crippen LogP contribution in [0.3, 0.4) is 0 Å². The van der Waals surface area contributed by atoms with Crippen LogP contribution in [0.4, 0.5) is 5.69 Å². The van der Waals surface area contributed by atoms with E-state index in [-0.39, 0.29) is 31.3 Å². The molecule has 0 radical (unpaired) electrons. The highest BCUT2D eigenvalue weighted by atomic mass is 35.5. The highest BCUT2D eigenvalue weighted by molar-refractivity contribution is 6.30. The van der Waals surface area contributed by atoms with Crippen molar-refractivity contribution in [2.24, 2.45) is 5.92 Å². The number of carbonyl (C=O) groups is 3. The lowest BCUT2D eigenvalue weighted by Crippen LogP contribution is -2.42. The molecule has 2 aliphatic rings. The number of nitrogens with zero attached hydrogens (tertiary/aromatic N) is 2. The van der Waals surface area contributed by atoms with Gasteiger partial charge in [0.05, 0.1) is 24.4 Å². The minimum Gasteiger partial charge on any atom is -0.494 e. The number of rotatable bonds is 8. The molecule has 0 atom stereocenters. The van der Waals surface area contributed by atoms with Crippen LogP contribution in [0, 0.1) is 5.92 Å². The van der Waals surface area contributed by atoms with E-state index in [0.717, 1.165) is 42.8 Å². The molecule has 2 aliphatic heterocycles. The quantitative estimate of drug-likeness (QED) is 0.584. The minimum absolute atomic E-state index is 0.206. The second kappa shape index (κ2) is 11.7. The van der Waals surface area contributed by atoms with Crippen molar-refractivity contribution in [3.63, 3.8) is 0 Å². The first-order valence-corrected chi connectivity index (χ1v) is 12.7. The van der Waals surface area contributed by atoms with E-state index in [4.69, 9.17) is 16.3 Å². The van der Waals surface area contributed by atoms with Crippen molar-refractivity contribution >= 4 is 35.0 Å². The first-order chi connectivity index (χ1) is 17.0. The average molecular weight is 498 g/mol. The number of hydrogen-bond donors (Lipinski definition) is 1. The number of nitrogens with one attached hydrogen (secondary N) is 1. The van der Waals surface area contributed by atoms with Gasteiger partial charge in [0.2, 0.25) is 11.8 Å². The van der Waals surface area contributed by atoms with Crippen molar-refractivity contribution in [2.75, 3.05) is 31.1 Å². The zero-order valence-corrected chi connectivity index (χ0v) is 20.9. The van der Waals surface area contributed by atoms with E-state index in [1.165, 1.54) is 0 Å². The van der Waals surface area contributed by atoms with Crippen molar-refractivity contribution < 1.29 is 19.1 Å². The third-order valence-electron chi connectivity index (χ3n) is 6.60. The molecule has 1 saturated heterocycles. The Labute approximate surface area is 211 Å². The van der Waals surface area contributed by atoms with Crippen LogP contribution in [0.2, 0.25) is 5.02 Å². The molecule has 4 rings (SSSR count). The van der Waals surface area contributed by atoms with Gasteiger partial charge in [0.15, 0.2) is 0 Å². The molecule has 0 aromatic heterocycles. The van der Waals surface area contributed by atoms with Crippen molar-refractivity contribution in [2.45, 2.75) is 45.6 Å². The third kappa shape index (κ3) is 6.21. The number of fused-ring (bicyclic) bond motifs is 1. The zero-order chi connectivity index (χ0) is 24.8. The molecule has 0 bridgehead atoms. The van der Waals surface area contributed by atoms with Gasteiger partial charge >= 0.3 is 0 Å². The molecule has 3 amide bonds. The Hall–Kier alpha value is -2.90. The number of piperidine rings is 1. The van der Waals surface area contributed by atoms with E-state index in [1.807, 2.05) is 19.1 Å². The molecule has 1 fully saturated rings. The van der Waals surface area contributed by atoms with Crippen molar-refractivity contribution in [3.8, 4) is 5.75 Å². The zero-order valence-electron chi connectivity index (χ0n) is 20.1. The van der Waals surface area contributed by atoms with E-state index < -0.39 is 5.91 Å². The normalized spacial score (nSPS) is 16.7. The van der Waals surface area contributed by atoms with Crippen LogP contribution in [0.5, 0.6) is 5.75 Å². The number of ether oxygens (including phenoxy) is 1. The highest BCUT2D eigenvalue weighted by Gasteiger charge is 2.35. The van der Waals surface area contributed by atoms with Crippen LogP contribution in [0.1, 0.15) is 54.9 Å². The Morgan fingerprint density at radius 3 is 2.57 bits per heavy atom.